The topological polar surface area (TPSA) is 32.5 Å². The fourth-order valence-corrected chi connectivity index (χ4v) is 3.67. The van der Waals surface area contributed by atoms with E-state index in [2.05, 4.69) is 4.90 Å². The monoisotopic (exact) mass is 299 g/mol. The van der Waals surface area contributed by atoms with Gasteiger partial charge in [-0.25, -0.2) is 0 Å². The van der Waals surface area contributed by atoms with E-state index in [1.165, 1.54) is 0 Å². The SMILES string of the molecule is Nc1ccc(N2CC3CC(CN(CC(F)(F)F)C3)C2)cc1. The molecule has 3 rings (SSSR count). The molecule has 1 aromatic carbocycles. The summed E-state index contributed by atoms with van der Waals surface area (Å²) in [6.07, 6.45) is -3.05. The van der Waals surface area contributed by atoms with Gasteiger partial charge in [-0.2, -0.15) is 13.2 Å². The molecule has 2 unspecified atom stereocenters. The largest absolute Gasteiger partial charge is 0.401 e. The molecule has 2 saturated heterocycles. The van der Waals surface area contributed by atoms with Gasteiger partial charge in [-0.3, -0.25) is 4.90 Å². The Morgan fingerprint density at radius 1 is 1.00 bits per heavy atom. The van der Waals surface area contributed by atoms with Gasteiger partial charge in [0.15, 0.2) is 0 Å². The van der Waals surface area contributed by atoms with Gasteiger partial charge in [-0.15, -0.1) is 0 Å². The number of alkyl halides is 3. The molecular formula is C15H20F3N3. The van der Waals surface area contributed by atoms with Gasteiger partial charge < -0.3 is 10.6 Å². The number of anilines is 2. The van der Waals surface area contributed by atoms with Crippen molar-refractivity contribution in [2.45, 2.75) is 12.6 Å². The molecule has 0 spiro atoms. The first-order valence-corrected chi connectivity index (χ1v) is 7.28. The summed E-state index contributed by atoms with van der Waals surface area (Å²) in [6.45, 7) is 1.97. The normalized spacial score (nSPS) is 26.9. The number of nitrogens with two attached hydrogens (primary N) is 1. The molecule has 2 aliphatic rings. The predicted octanol–water partition coefficient (Wildman–Crippen LogP) is 2.59. The molecule has 3 nitrogen and oxygen atoms in total. The second kappa shape index (κ2) is 5.40. The van der Waals surface area contributed by atoms with Crippen molar-refractivity contribution >= 4 is 11.4 Å². The summed E-state index contributed by atoms with van der Waals surface area (Å²) < 4.78 is 37.6. The van der Waals surface area contributed by atoms with Crippen molar-refractivity contribution in [3.8, 4) is 0 Å². The van der Waals surface area contributed by atoms with Crippen molar-refractivity contribution < 1.29 is 13.2 Å². The van der Waals surface area contributed by atoms with Gasteiger partial charge in [0.05, 0.1) is 6.54 Å². The van der Waals surface area contributed by atoms with E-state index in [-0.39, 0.29) is 0 Å². The summed E-state index contributed by atoms with van der Waals surface area (Å²) in [7, 11) is 0. The van der Waals surface area contributed by atoms with Crippen LogP contribution in [0, 0.1) is 11.8 Å². The van der Waals surface area contributed by atoms with Crippen molar-refractivity contribution in [2.75, 3.05) is 43.4 Å². The average Bonchev–Trinajstić information content (AvgIpc) is 2.36. The predicted molar refractivity (Wildman–Crippen MR) is 77.2 cm³/mol. The number of rotatable bonds is 2. The fourth-order valence-electron chi connectivity index (χ4n) is 3.67. The maximum atomic E-state index is 12.5. The zero-order chi connectivity index (χ0) is 15.0. The lowest BCUT2D eigenvalue weighted by atomic mass is 9.84. The average molecular weight is 299 g/mol. The van der Waals surface area contributed by atoms with Crippen molar-refractivity contribution in [3.63, 3.8) is 0 Å². The number of nitrogen functional groups attached to an aromatic ring is 1. The molecule has 116 valence electrons. The molecule has 0 saturated carbocycles. The van der Waals surface area contributed by atoms with Crippen molar-refractivity contribution in [3.05, 3.63) is 24.3 Å². The van der Waals surface area contributed by atoms with Crippen LogP contribution in [0.5, 0.6) is 0 Å². The fraction of sp³-hybridized carbons (Fsp3) is 0.600. The van der Waals surface area contributed by atoms with Crippen LogP contribution in [-0.2, 0) is 0 Å². The Kier molecular flexibility index (Phi) is 3.73. The number of halogens is 3. The van der Waals surface area contributed by atoms with Crippen LogP contribution in [0.25, 0.3) is 0 Å². The minimum absolute atomic E-state index is 0.317. The van der Waals surface area contributed by atoms with Gasteiger partial charge >= 0.3 is 6.18 Å². The molecule has 2 bridgehead atoms. The first-order valence-electron chi connectivity index (χ1n) is 7.28. The molecule has 1 aromatic rings. The smallest absolute Gasteiger partial charge is 0.399 e. The van der Waals surface area contributed by atoms with Crippen molar-refractivity contribution in [1.29, 1.82) is 0 Å². The van der Waals surface area contributed by atoms with Crippen LogP contribution in [-0.4, -0.2) is 43.8 Å². The first-order chi connectivity index (χ1) is 9.89. The number of benzene rings is 1. The third kappa shape index (κ3) is 3.61. The van der Waals surface area contributed by atoms with Crippen molar-refractivity contribution in [1.82, 2.24) is 4.90 Å². The van der Waals surface area contributed by atoms with Gasteiger partial charge in [-0.05, 0) is 42.5 Å². The molecule has 2 N–H and O–H groups in total. The van der Waals surface area contributed by atoms with Crippen molar-refractivity contribution in [2.24, 2.45) is 11.8 Å². The first kappa shape index (κ1) is 14.5. The number of fused-ring (bicyclic) bond motifs is 2. The highest BCUT2D eigenvalue weighted by Gasteiger charge is 2.38. The second-order valence-electron chi connectivity index (χ2n) is 6.27. The molecule has 0 aromatic heterocycles. The van der Waals surface area contributed by atoms with E-state index >= 15 is 0 Å². The summed E-state index contributed by atoms with van der Waals surface area (Å²) in [5, 5.41) is 0. The molecule has 2 heterocycles. The van der Waals surface area contributed by atoms with Gasteiger partial charge in [0, 0.05) is 37.6 Å². The summed E-state index contributed by atoms with van der Waals surface area (Å²) in [6, 6.07) is 7.72. The van der Waals surface area contributed by atoms with E-state index in [1.807, 2.05) is 24.3 Å². The molecule has 2 fully saturated rings. The van der Waals surface area contributed by atoms with E-state index in [1.54, 1.807) is 4.90 Å². The Hall–Kier alpha value is -1.43. The maximum Gasteiger partial charge on any atom is 0.401 e. The van der Waals surface area contributed by atoms with Gasteiger partial charge in [0.2, 0.25) is 0 Å². The molecule has 0 amide bonds. The van der Waals surface area contributed by atoms with E-state index in [0.717, 1.165) is 30.9 Å². The third-order valence-electron chi connectivity index (χ3n) is 4.32. The van der Waals surface area contributed by atoms with Crippen LogP contribution in [0.3, 0.4) is 0 Å². The second-order valence-corrected chi connectivity index (χ2v) is 6.27. The van der Waals surface area contributed by atoms with Crippen LogP contribution >= 0.6 is 0 Å². The number of hydrogen-bond acceptors (Lipinski definition) is 3. The summed E-state index contributed by atoms with van der Waals surface area (Å²) in [5.41, 5.74) is 7.54. The number of likely N-dealkylation sites (tertiary alicyclic amines) is 1. The minimum atomic E-state index is -4.09. The number of nitrogens with zero attached hydrogens (tertiary/aromatic N) is 2. The van der Waals surface area contributed by atoms with Crippen LogP contribution in [0.2, 0.25) is 0 Å². The van der Waals surface area contributed by atoms with Crippen LogP contribution in [0.4, 0.5) is 24.5 Å². The van der Waals surface area contributed by atoms with Gasteiger partial charge in [0.25, 0.3) is 0 Å². The lowest BCUT2D eigenvalue weighted by molar-refractivity contribution is -0.152. The van der Waals surface area contributed by atoms with Gasteiger partial charge in [0.1, 0.15) is 0 Å². The van der Waals surface area contributed by atoms with Gasteiger partial charge in [-0.1, -0.05) is 0 Å². The Labute approximate surface area is 122 Å². The standard InChI is InChI=1S/C15H20F3N3/c16-15(17,18)10-20-6-11-5-12(7-20)9-21(8-11)14-3-1-13(19)2-4-14/h1-4,11-12H,5-10,19H2. The highest BCUT2D eigenvalue weighted by molar-refractivity contribution is 5.53. The minimum Gasteiger partial charge on any atom is -0.399 e. The maximum absolute atomic E-state index is 12.5. The summed E-state index contributed by atoms with van der Waals surface area (Å²) in [5.74, 6) is 0.634. The highest BCUT2D eigenvalue weighted by Crippen LogP contribution is 2.33. The molecule has 0 aliphatic carbocycles. The molecule has 6 heteroatoms. The zero-order valence-corrected chi connectivity index (χ0v) is 11.8. The van der Waals surface area contributed by atoms with E-state index in [0.29, 0.717) is 24.9 Å². The molecule has 0 radical (unpaired) electrons. The van der Waals surface area contributed by atoms with Crippen LogP contribution in [0.1, 0.15) is 6.42 Å². The Morgan fingerprint density at radius 2 is 1.57 bits per heavy atom. The highest BCUT2D eigenvalue weighted by atomic mass is 19.4. The van der Waals surface area contributed by atoms with E-state index in [9.17, 15) is 13.2 Å². The van der Waals surface area contributed by atoms with E-state index in [4.69, 9.17) is 5.73 Å². The Bertz CT molecular complexity index is 472. The lowest BCUT2D eigenvalue weighted by Gasteiger charge is -2.46. The summed E-state index contributed by atoms with van der Waals surface area (Å²) in [4.78, 5) is 3.85. The number of piperidine rings is 2. The molecule has 2 aliphatic heterocycles. The third-order valence-corrected chi connectivity index (χ3v) is 4.32. The molecular weight excluding hydrogens is 279 g/mol. The van der Waals surface area contributed by atoms with Crippen LogP contribution < -0.4 is 10.6 Å². The zero-order valence-electron chi connectivity index (χ0n) is 11.8. The Morgan fingerprint density at radius 3 is 2.10 bits per heavy atom. The summed E-state index contributed by atoms with van der Waals surface area (Å²) >= 11 is 0. The molecule has 2 atom stereocenters. The van der Waals surface area contributed by atoms with Crippen LogP contribution in [0.15, 0.2) is 24.3 Å². The Balaban J connectivity index is 1.65. The lowest BCUT2D eigenvalue weighted by Crippen LogP contribution is -2.54. The van der Waals surface area contributed by atoms with E-state index < -0.39 is 12.7 Å². The number of hydrogen-bond donors (Lipinski definition) is 1. The quantitative estimate of drug-likeness (QED) is 0.852. The molecule has 21 heavy (non-hydrogen) atoms.